The first-order chi connectivity index (χ1) is 9.99. The molecule has 0 saturated carbocycles. The minimum absolute atomic E-state index is 0.108. The number of methoxy groups -OCH3 is 1. The Kier molecular flexibility index (Phi) is 6.52. The van der Waals surface area contributed by atoms with Crippen LogP contribution in [0.15, 0.2) is 29.4 Å². The summed E-state index contributed by atoms with van der Waals surface area (Å²) >= 11 is 0. The van der Waals surface area contributed by atoms with Crippen LogP contribution in [0.2, 0.25) is 0 Å². The molecule has 0 spiro atoms. The van der Waals surface area contributed by atoms with Crippen LogP contribution in [0.5, 0.6) is 5.75 Å². The highest BCUT2D eigenvalue weighted by Gasteiger charge is 2.20. The molecule has 0 unspecified atom stereocenters. The lowest BCUT2D eigenvalue weighted by molar-refractivity contribution is 0.0737. The molecular weight excluding hydrogens is 270 g/mol. The molecule has 1 aromatic carbocycles. The summed E-state index contributed by atoms with van der Waals surface area (Å²) in [4.78, 5) is 14.4. The molecule has 0 aliphatic carbocycles. The summed E-state index contributed by atoms with van der Waals surface area (Å²) in [6, 6.07) is 7.11. The maximum atomic E-state index is 12.7. The summed E-state index contributed by atoms with van der Waals surface area (Å²) in [7, 11) is 1.54. The molecule has 0 bridgehead atoms. The summed E-state index contributed by atoms with van der Waals surface area (Å²) in [5, 5.41) is 11.5. The number of benzene rings is 1. The van der Waals surface area contributed by atoms with Gasteiger partial charge in [0.15, 0.2) is 0 Å². The molecule has 3 N–H and O–H groups in total. The highest BCUT2D eigenvalue weighted by Crippen LogP contribution is 2.20. The number of hydrogen-bond donors (Lipinski definition) is 2. The number of amides is 1. The van der Waals surface area contributed by atoms with Crippen molar-refractivity contribution < 1.29 is 14.7 Å². The van der Waals surface area contributed by atoms with Crippen LogP contribution in [0.1, 0.15) is 30.6 Å². The maximum Gasteiger partial charge on any atom is 0.257 e. The Morgan fingerprint density at radius 2 is 2.10 bits per heavy atom. The Morgan fingerprint density at radius 1 is 1.43 bits per heavy atom. The van der Waals surface area contributed by atoms with Crippen molar-refractivity contribution in [3.05, 3.63) is 29.8 Å². The van der Waals surface area contributed by atoms with Gasteiger partial charge >= 0.3 is 0 Å². The highest BCUT2D eigenvalue weighted by atomic mass is 16.5. The van der Waals surface area contributed by atoms with Gasteiger partial charge in [-0.15, -0.1) is 0 Å². The number of ether oxygens (including phenoxy) is 1. The molecule has 0 aromatic heterocycles. The van der Waals surface area contributed by atoms with Gasteiger partial charge in [-0.05, 0) is 18.1 Å². The number of carbonyl (C=O) groups excluding carboxylic acids is 1. The van der Waals surface area contributed by atoms with E-state index >= 15 is 0 Å². The van der Waals surface area contributed by atoms with E-state index in [-0.39, 0.29) is 11.7 Å². The van der Waals surface area contributed by atoms with Gasteiger partial charge < -0.3 is 20.6 Å². The Balaban J connectivity index is 2.93. The third-order valence-electron chi connectivity index (χ3n) is 2.98. The zero-order valence-electron chi connectivity index (χ0n) is 12.7. The van der Waals surface area contributed by atoms with Crippen molar-refractivity contribution in [1.29, 1.82) is 0 Å². The number of rotatable bonds is 7. The lowest BCUT2D eigenvalue weighted by Gasteiger charge is -2.25. The van der Waals surface area contributed by atoms with Crippen molar-refractivity contribution in [3.8, 4) is 5.75 Å². The molecule has 0 aliphatic rings. The number of oxime groups is 1. The van der Waals surface area contributed by atoms with Crippen LogP contribution in [-0.2, 0) is 0 Å². The van der Waals surface area contributed by atoms with Crippen molar-refractivity contribution in [2.75, 3.05) is 20.2 Å². The van der Waals surface area contributed by atoms with E-state index in [0.717, 1.165) is 0 Å². The van der Waals surface area contributed by atoms with E-state index in [4.69, 9.17) is 15.7 Å². The fourth-order valence-corrected chi connectivity index (χ4v) is 2.01. The van der Waals surface area contributed by atoms with Crippen LogP contribution in [0.4, 0.5) is 0 Å². The zero-order valence-corrected chi connectivity index (χ0v) is 12.7. The molecule has 1 aromatic rings. The molecule has 116 valence electrons. The minimum Gasteiger partial charge on any atom is -0.496 e. The van der Waals surface area contributed by atoms with Gasteiger partial charge in [-0.25, -0.2) is 0 Å². The number of nitrogens with two attached hydrogens (primary N) is 1. The zero-order chi connectivity index (χ0) is 15.8. The Bertz CT molecular complexity index is 501. The standard InChI is InChI=1S/C15H23N3O3/c1-11(2)10-18(9-8-14(16)17-20)15(19)12-6-4-5-7-13(12)21-3/h4-7,11,20H,8-10H2,1-3H3,(H2,16,17). The summed E-state index contributed by atoms with van der Waals surface area (Å²) in [6.07, 6.45) is 0.324. The number of nitrogens with zero attached hydrogens (tertiary/aromatic N) is 2. The maximum absolute atomic E-state index is 12.7. The first kappa shape index (κ1) is 16.8. The predicted octanol–water partition coefficient (Wildman–Crippen LogP) is 1.93. The number of hydrogen-bond acceptors (Lipinski definition) is 4. The minimum atomic E-state index is -0.119. The molecule has 0 heterocycles. The average Bonchev–Trinajstić information content (AvgIpc) is 2.49. The average molecular weight is 293 g/mol. The Morgan fingerprint density at radius 3 is 2.67 bits per heavy atom. The molecule has 0 radical (unpaired) electrons. The van der Waals surface area contributed by atoms with Crippen molar-refractivity contribution in [2.24, 2.45) is 16.8 Å². The highest BCUT2D eigenvalue weighted by molar-refractivity contribution is 5.97. The van der Waals surface area contributed by atoms with Crippen molar-refractivity contribution in [2.45, 2.75) is 20.3 Å². The van der Waals surface area contributed by atoms with Crippen molar-refractivity contribution in [3.63, 3.8) is 0 Å². The van der Waals surface area contributed by atoms with E-state index in [0.29, 0.717) is 36.7 Å². The van der Waals surface area contributed by atoms with Crippen molar-refractivity contribution in [1.82, 2.24) is 4.90 Å². The second-order valence-corrected chi connectivity index (χ2v) is 5.19. The Labute approximate surface area is 125 Å². The molecule has 0 aliphatic heterocycles. The first-order valence-corrected chi connectivity index (χ1v) is 6.88. The summed E-state index contributed by atoms with van der Waals surface area (Å²) in [5.41, 5.74) is 6.00. The molecule has 1 amide bonds. The number of amidine groups is 1. The largest absolute Gasteiger partial charge is 0.496 e. The summed E-state index contributed by atoms with van der Waals surface area (Å²) in [5.74, 6) is 0.847. The molecule has 6 nitrogen and oxygen atoms in total. The van der Waals surface area contributed by atoms with Gasteiger partial charge in [-0.3, -0.25) is 4.79 Å². The molecule has 1 rings (SSSR count). The van der Waals surface area contributed by atoms with Gasteiger partial charge in [0.1, 0.15) is 11.6 Å². The third-order valence-corrected chi connectivity index (χ3v) is 2.98. The lowest BCUT2D eigenvalue weighted by atomic mass is 10.1. The monoisotopic (exact) mass is 293 g/mol. The first-order valence-electron chi connectivity index (χ1n) is 6.88. The van der Waals surface area contributed by atoms with Crippen LogP contribution in [-0.4, -0.2) is 42.0 Å². The second kappa shape index (κ2) is 8.14. The number of para-hydroxylation sites is 1. The number of carbonyl (C=O) groups is 1. The quantitative estimate of drug-likeness (QED) is 0.348. The van der Waals surface area contributed by atoms with E-state index < -0.39 is 0 Å². The predicted molar refractivity (Wildman–Crippen MR) is 81.8 cm³/mol. The van der Waals surface area contributed by atoms with E-state index in [1.165, 1.54) is 7.11 Å². The Hall–Kier alpha value is -2.24. The third kappa shape index (κ3) is 4.98. The molecule has 6 heteroatoms. The van der Waals surface area contributed by atoms with Crippen LogP contribution < -0.4 is 10.5 Å². The molecular formula is C15H23N3O3. The van der Waals surface area contributed by atoms with Gasteiger partial charge in [0.05, 0.1) is 12.7 Å². The fraction of sp³-hybridized carbons (Fsp3) is 0.467. The fourth-order valence-electron chi connectivity index (χ4n) is 2.01. The van der Waals surface area contributed by atoms with Crippen LogP contribution in [0.25, 0.3) is 0 Å². The van der Waals surface area contributed by atoms with Gasteiger partial charge in [0, 0.05) is 19.5 Å². The second-order valence-electron chi connectivity index (χ2n) is 5.19. The summed E-state index contributed by atoms with van der Waals surface area (Å²) < 4.78 is 5.23. The van der Waals surface area contributed by atoms with Gasteiger partial charge in [0.25, 0.3) is 5.91 Å². The SMILES string of the molecule is COc1ccccc1C(=O)N(CCC(N)=NO)CC(C)C. The van der Waals surface area contributed by atoms with Crippen LogP contribution in [0, 0.1) is 5.92 Å². The van der Waals surface area contributed by atoms with Crippen molar-refractivity contribution >= 4 is 11.7 Å². The van der Waals surface area contributed by atoms with Crippen LogP contribution in [0.3, 0.4) is 0 Å². The smallest absolute Gasteiger partial charge is 0.257 e. The normalized spacial score (nSPS) is 11.5. The lowest BCUT2D eigenvalue weighted by Crippen LogP contribution is -2.37. The van der Waals surface area contributed by atoms with Gasteiger partial charge in [0.2, 0.25) is 0 Å². The molecule has 0 saturated heterocycles. The van der Waals surface area contributed by atoms with Crippen LogP contribution >= 0.6 is 0 Å². The van der Waals surface area contributed by atoms with Gasteiger partial charge in [-0.1, -0.05) is 31.1 Å². The molecule has 0 atom stereocenters. The van der Waals surface area contributed by atoms with E-state index in [2.05, 4.69) is 5.16 Å². The summed E-state index contributed by atoms with van der Waals surface area (Å²) in [6.45, 7) is 5.05. The van der Waals surface area contributed by atoms with E-state index in [1.807, 2.05) is 19.9 Å². The van der Waals surface area contributed by atoms with E-state index in [1.54, 1.807) is 23.1 Å². The molecule has 21 heavy (non-hydrogen) atoms. The van der Waals surface area contributed by atoms with Gasteiger partial charge in [-0.2, -0.15) is 0 Å². The van der Waals surface area contributed by atoms with E-state index in [9.17, 15) is 4.79 Å². The topological polar surface area (TPSA) is 88.2 Å². The molecule has 0 fully saturated rings.